The minimum Gasteiger partial charge on any atom is -0.463 e. The molecule has 5 nitrogen and oxygen atoms in total. The summed E-state index contributed by atoms with van der Waals surface area (Å²) in [7, 11) is -3.55. The molecule has 0 atom stereocenters. The highest BCUT2D eigenvalue weighted by molar-refractivity contribution is 7.89. The molecule has 0 saturated heterocycles. The van der Waals surface area contributed by atoms with Gasteiger partial charge in [0.05, 0.1) is 11.2 Å². The summed E-state index contributed by atoms with van der Waals surface area (Å²) in [5.41, 5.74) is 1.38. The van der Waals surface area contributed by atoms with Crippen molar-refractivity contribution in [2.75, 3.05) is 0 Å². The van der Waals surface area contributed by atoms with Gasteiger partial charge in [0.25, 0.3) is 0 Å². The zero-order valence-corrected chi connectivity index (χ0v) is 12.5. The highest BCUT2D eigenvalue weighted by Gasteiger charge is 2.15. The van der Waals surface area contributed by atoms with Gasteiger partial charge in [-0.2, -0.15) is 0 Å². The van der Waals surface area contributed by atoms with Gasteiger partial charge in [0, 0.05) is 12.7 Å². The van der Waals surface area contributed by atoms with E-state index < -0.39 is 10.0 Å². The lowest BCUT2D eigenvalue weighted by Crippen LogP contribution is -2.23. The van der Waals surface area contributed by atoms with Crippen molar-refractivity contribution in [2.45, 2.75) is 11.4 Å². The molecule has 6 heteroatoms. The Morgan fingerprint density at radius 2 is 1.82 bits per heavy atom. The van der Waals surface area contributed by atoms with Gasteiger partial charge in [0.2, 0.25) is 10.0 Å². The number of pyridine rings is 1. The van der Waals surface area contributed by atoms with Gasteiger partial charge in [-0.3, -0.25) is 4.98 Å². The SMILES string of the molecule is O=S(=O)(NCc1cccnc1-c1ccco1)c1ccccc1. The van der Waals surface area contributed by atoms with Crippen LogP contribution in [0.5, 0.6) is 0 Å². The first kappa shape index (κ1) is 14.5. The summed E-state index contributed by atoms with van der Waals surface area (Å²) < 4.78 is 32.4. The topological polar surface area (TPSA) is 72.2 Å². The van der Waals surface area contributed by atoms with Crippen molar-refractivity contribution in [1.29, 1.82) is 0 Å². The van der Waals surface area contributed by atoms with Crippen LogP contribution in [0.3, 0.4) is 0 Å². The Labute approximate surface area is 128 Å². The van der Waals surface area contributed by atoms with Crippen molar-refractivity contribution >= 4 is 10.0 Å². The first-order valence-electron chi connectivity index (χ1n) is 6.69. The minimum absolute atomic E-state index is 0.140. The van der Waals surface area contributed by atoms with Crippen LogP contribution in [-0.4, -0.2) is 13.4 Å². The van der Waals surface area contributed by atoms with Crippen molar-refractivity contribution < 1.29 is 12.8 Å². The Bertz CT molecular complexity index is 844. The first-order chi connectivity index (χ1) is 10.7. The summed E-state index contributed by atoms with van der Waals surface area (Å²) in [5, 5.41) is 0. The van der Waals surface area contributed by atoms with Gasteiger partial charge in [-0.1, -0.05) is 24.3 Å². The third-order valence-corrected chi connectivity index (χ3v) is 4.57. The number of benzene rings is 1. The largest absolute Gasteiger partial charge is 0.463 e. The summed E-state index contributed by atoms with van der Waals surface area (Å²) in [6, 6.07) is 15.4. The fraction of sp³-hybridized carbons (Fsp3) is 0.0625. The van der Waals surface area contributed by atoms with Gasteiger partial charge in [0.15, 0.2) is 5.76 Å². The van der Waals surface area contributed by atoms with Crippen LogP contribution < -0.4 is 4.72 Å². The van der Waals surface area contributed by atoms with Crippen LogP contribution in [0.2, 0.25) is 0 Å². The lowest BCUT2D eigenvalue weighted by atomic mass is 10.1. The van der Waals surface area contributed by atoms with Crippen LogP contribution in [0.1, 0.15) is 5.56 Å². The number of hydrogen-bond donors (Lipinski definition) is 1. The summed E-state index contributed by atoms with van der Waals surface area (Å²) >= 11 is 0. The van der Waals surface area contributed by atoms with E-state index in [9.17, 15) is 8.42 Å². The molecule has 0 unspecified atom stereocenters. The quantitative estimate of drug-likeness (QED) is 0.786. The molecule has 0 amide bonds. The molecule has 0 bridgehead atoms. The average molecular weight is 314 g/mol. The van der Waals surface area contributed by atoms with Crippen molar-refractivity contribution in [1.82, 2.24) is 9.71 Å². The molecule has 0 spiro atoms. The van der Waals surface area contributed by atoms with E-state index >= 15 is 0 Å². The van der Waals surface area contributed by atoms with E-state index in [0.717, 1.165) is 5.56 Å². The molecule has 1 aromatic carbocycles. The minimum atomic E-state index is -3.55. The Morgan fingerprint density at radius 3 is 2.55 bits per heavy atom. The van der Waals surface area contributed by atoms with E-state index in [1.807, 2.05) is 6.07 Å². The molecule has 0 fully saturated rings. The summed E-state index contributed by atoms with van der Waals surface area (Å²) in [6.45, 7) is 0.140. The van der Waals surface area contributed by atoms with Gasteiger partial charge in [-0.15, -0.1) is 0 Å². The van der Waals surface area contributed by atoms with E-state index in [-0.39, 0.29) is 11.4 Å². The number of hydrogen-bond acceptors (Lipinski definition) is 4. The van der Waals surface area contributed by atoms with Gasteiger partial charge in [-0.05, 0) is 35.9 Å². The smallest absolute Gasteiger partial charge is 0.240 e. The zero-order valence-electron chi connectivity index (χ0n) is 11.6. The Hall–Kier alpha value is -2.44. The monoisotopic (exact) mass is 314 g/mol. The second-order valence-corrected chi connectivity index (χ2v) is 6.39. The third kappa shape index (κ3) is 3.08. The average Bonchev–Trinajstić information content (AvgIpc) is 3.08. The fourth-order valence-electron chi connectivity index (χ4n) is 2.07. The number of nitrogens with one attached hydrogen (secondary N) is 1. The molecule has 2 heterocycles. The number of nitrogens with zero attached hydrogens (tertiary/aromatic N) is 1. The van der Waals surface area contributed by atoms with Gasteiger partial charge < -0.3 is 4.42 Å². The van der Waals surface area contributed by atoms with Crippen LogP contribution in [0.25, 0.3) is 11.5 Å². The van der Waals surface area contributed by atoms with Crippen molar-refractivity contribution in [3.05, 3.63) is 72.6 Å². The maximum Gasteiger partial charge on any atom is 0.240 e. The highest BCUT2D eigenvalue weighted by atomic mass is 32.2. The maximum atomic E-state index is 12.2. The van der Waals surface area contributed by atoms with Gasteiger partial charge >= 0.3 is 0 Å². The van der Waals surface area contributed by atoms with Gasteiger partial charge in [-0.25, -0.2) is 13.1 Å². The molecule has 112 valence electrons. The van der Waals surface area contributed by atoms with Gasteiger partial charge in [0.1, 0.15) is 5.69 Å². The van der Waals surface area contributed by atoms with Crippen molar-refractivity contribution in [3.8, 4) is 11.5 Å². The van der Waals surface area contributed by atoms with Crippen LogP contribution in [0.4, 0.5) is 0 Å². The molecule has 0 aliphatic heterocycles. The second kappa shape index (κ2) is 6.13. The molecule has 0 radical (unpaired) electrons. The normalized spacial score (nSPS) is 11.5. The molecule has 22 heavy (non-hydrogen) atoms. The zero-order chi connectivity index (χ0) is 15.4. The Balaban J connectivity index is 1.83. The Kier molecular flexibility index (Phi) is 4.04. The van der Waals surface area contributed by atoms with E-state index in [1.54, 1.807) is 61.0 Å². The lowest BCUT2D eigenvalue weighted by Gasteiger charge is -2.09. The predicted molar refractivity (Wildman–Crippen MR) is 82.4 cm³/mol. The summed E-state index contributed by atoms with van der Waals surface area (Å²) in [4.78, 5) is 4.50. The summed E-state index contributed by atoms with van der Waals surface area (Å²) in [6.07, 6.45) is 3.20. The standard InChI is InChI=1S/C16H14N2O3S/c19-22(20,14-7-2-1-3-8-14)18-12-13-6-4-10-17-16(13)15-9-5-11-21-15/h1-11,18H,12H2. The van der Waals surface area contributed by atoms with E-state index in [2.05, 4.69) is 9.71 Å². The molecule has 1 N–H and O–H groups in total. The molecule has 3 aromatic rings. The first-order valence-corrected chi connectivity index (χ1v) is 8.17. The molecule has 0 aliphatic rings. The van der Waals surface area contributed by atoms with Crippen molar-refractivity contribution in [3.63, 3.8) is 0 Å². The molecule has 3 rings (SSSR count). The van der Waals surface area contributed by atoms with Crippen LogP contribution >= 0.6 is 0 Å². The van der Waals surface area contributed by atoms with Crippen LogP contribution in [0, 0.1) is 0 Å². The Morgan fingerprint density at radius 1 is 1.00 bits per heavy atom. The highest BCUT2D eigenvalue weighted by Crippen LogP contribution is 2.21. The van der Waals surface area contributed by atoms with E-state index in [0.29, 0.717) is 11.5 Å². The molecule has 2 aromatic heterocycles. The van der Waals surface area contributed by atoms with Crippen LogP contribution in [0.15, 0.2) is 76.4 Å². The lowest BCUT2D eigenvalue weighted by molar-refractivity contribution is 0.575. The number of rotatable bonds is 5. The number of aromatic nitrogens is 1. The third-order valence-electron chi connectivity index (χ3n) is 3.15. The second-order valence-electron chi connectivity index (χ2n) is 4.63. The molecule has 0 aliphatic carbocycles. The van der Waals surface area contributed by atoms with E-state index in [4.69, 9.17) is 4.42 Å². The van der Waals surface area contributed by atoms with E-state index in [1.165, 1.54) is 0 Å². The van der Waals surface area contributed by atoms with Crippen molar-refractivity contribution in [2.24, 2.45) is 0 Å². The molecule has 0 saturated carbocycles. The predicted octanol–water partition coefficient (Wildman–Crippen LogP) is 2.82. The summed E-state index contributed by atoms with van der Waals surface area (Å²) in [5.74, 6) is 0.606. The fourth-order valence-corrected chi connectivity index (χ4v) is 3.10. The number of sulfonamides is 1. The molecular weight excluding hydrogens is 300 g/mol. The number of furan rings is 1. The molecular formula is C16H14N2O3S. The van der Waals surface area contributed by atoms with Crippen LogP contribution in [-0.2, 0) is 16.6 Å². The maximum absolute atomic E-state index is 12.2.